The van der Waals surface area contributed by atoms with Crippen LogP contribution >= 0.6 is 0 Å². The van der Waals surface area contributed by atoms with E-state index >= 15 is 0 Å². The Hall–Kier alpha value is -3.39. The van der Waals surface area contributed by atoms with E-state index in [4.69, 9.17) is 9.47 Å². The van der Waals surface area contributed by atoms with Gasteiger partial charge in [0.1, 0.15) is 17.3 Å². The number of amides is 1. The molecule has 1 amide bonds. The Morgan fingerprint density at radius 2 is 2.16 bits per heavy atom. The first-order valence-corrected chi connectivity index (χ1v) is 10.8. The molecule has 3 aromatic rings. The van der Waals surface area contributed by atoms with Crippen molar-refractivity contribution < 1.29 is 18.7 Å². The molecular formula is C24H27FN4O3. The molecule has 1 saturated heterocycles. The van der Waals surface area contributed by atoms with Crippen LogP contribution in [-0.4, -0.2) is 41.5 Å². The van der Waals surface area contributed by atoms with Crippen LogP contribution in [0.5, 0.6) is 11.5 Å². The summed E-state index contributed by atoms with van der Waals surface area (Å²) in [7, 11) is 1.86. The molecule has 0 spiro atoms. The molecule has 2 aromatic carbocycles. The number of ether oxygens (including phenoxy) is 2. The second-order valence-corrected chi connectivity index (χ2v) is 7.78. The van der Waals surface area contributed by atoms with Gasteiger partial charge in [0.05, 0.1) is 12.3 Å². The van der Waals surface area contributed by atoms with Gasteiger partial charge in [-0.15, -0.1) is 0 Å². The lowest BCUT2D eigenvalue weighted by atomic mass is 10.1. The molecule has 4 rings (SSSR count). The Labute approximate surface area is 186 Å². The molecule has 0 bridgehead atoms. The van der Waals surface area contributed by atoms with Crippen molar-refractivity contribution in [1.29, 1.82) is 0 Å². The largest absolute Gasteiger partial charge is 0.493 e. The highest BCUT2D eigenvalue weighted by Gasteiger charge is 2.16. The van der Waals surface area contributed by atoms with Gasteiger partial charge >= 0.3 is 0 Å². The number of nitrogens with one attached hydrogen (secondary N) is 2. The molecule has 0 radical (unpaired) electrons. The molecule has 7 nitrogen and oxygen atoms in total. The molecule has 1 aliphatic heterocycles. The first kappa shape index (κ1) is 21.8. The molecule has 0 aliphatic carbocycles. The Balaban J connectivity index is 1.43. The maximum absolute atomic E-state index is 13.3. The topological polar surface area (TPSA) is 77.4 Å². The van der Waals surface area contributed by atoms with E-state index in [1.807, 2.05) is 25.2 Å². The van der Waals surface area contributed by atoms with Crippen molar-refractivity contribution in [2.75, 3.05) is 25.1 Å². The van der Waals surface area contributed by atoms with Crippen LogP contribution in [0.25, 0.3) is 11.3 Å². The molecule has 1 aromatic heterocycles. The van der Waals surface area contributed by atoms with E-state index in [9.17, 15) is 9.18 Å². The molecule has 1 atom stereocenters. The lowest BCUT2D eigenvalue weighted by Gasteiger charge is -2.16. The first-order valence-electron chi connectivity index (χ1n) is 10.8. The second kappa shape index (κ2) is 10.3. The van der Waals surface area contributed by atoms with Gasteiger partial charge in [0.2, 0.25) is 0 Å². The molecule has 2 N–H and O–H groups in total. The summed E-state index contributed by atoms with van der Waals surface area (Å²) in [5, 5.41) is 10.6. The van der Waals surface area contributed by atoms with Crippen LogP contribution in [0.2, 0.25) is 0 Å². The third kappa shape index (κ3) is 5.64. The molecule has 1 aliphatic rings. The van der Waals surface area contributed by atoms with Gasteiger partial charge in [0, 0.05) is 36.6 Å². The maximum Gasteiger partial charge on any atom is 0.262 e. The number of benzene rings is 2. The van der Waals surface area contributed by atoms with E-state index in [1.165, 1.54) is 31.0 Å². The number of hydrogen-bond donors (Lipinski definition) is 2. The minimum atomic E-state index is -0.414. The minimum Gasteiger partial charge on any atom is -0.493 e. The Morgan fingerprint density at radius 1 is 1.25 bits per heavy atom. The summed E-state index contributed by atoms with van der Waals surface area (Å²) in [6.45, 7) is 1.45. The predicted octanol–water partition coefficient (Wildman–Crippen LogP) is 3.76. The highest BCUT2D eigenvalue weighted by atomic mass is 19.1. The van der Waals surface area contributed by atoms with Crippen LogP contribution in [0.1, 0.15) is 19.3 Å². The van der Waals surface area contributed by atoms with E-state index in [0.717, 1.165) is 30.0 Å². The summed E-state index contributed by atoms with van der Waals surface area (Å²) in [4.78, 5) is 12.4. The molecule has 8 heteroatoms. The fourth-order valence-corrected chi connectivity index (χ4v) is 3.79. The van der Waals surface area contributed by atoms with E-state index in [1.54, 1.807) is 23.0 Å². The van der Waals surface area contributed by atoms with Crippen LogP contribution in [-0.2, 0) is 11.8 Å². The van der Waals surface area contributed by atoms with E-state index < -0.39 is 5.82 Å². The van der Waals surface area contributed by atoms with E-state index in [0.29, 0.717) is 24.1 Å². The lowest BCUT2D eigenvalue weighted by Crippen LogP contribution is -2.23. The van der Waals surface area contributed by atoms with Crippen LogP contribution < -0.4 is 20.1 Å². The number of anilines is 1. The first-order chi connectivity index (χ1) is 15.6. The minimum absolute atomic E-state index is 0.225. The van der Waals surface area contributed by atoms with Crippen molar-refractivity contribution in [3.8, 4) is 22.8 Å². The zero-order valence-corrected chi connectivity index (χ0v) is 18.0. The summed E-state index contributed by atoms with van der Waals surface area (Å²) in [6, 6.07) is 13.6. The SMILES string of the molecule is Cn1nccc1-c1cc(NC(=O)COc2cccc(F)c2)ccc1OCCC1CCCN1. The van der Waals surface area contributed by atoms with Gasteiger partial charge in [-0.1, -0.05) is 6.07 Å². The van der Waals surface area contributed by atoms with Crippen molar-refractivity contribution >= 4 is 11.6 Å². The van der Waals surface area contributed by atoms with Gasteiger partial charge < -0.3 is 20.1 Å². The average Bonchev–Trinajstić information content (AvgIpc) is 3.45. The van der Waals surface area contributed by atoms with Crippen molar-refractivity contribution in [2.24, 2.45) is 7.05 Å². The van der Waals surface area contributed by atoms with Crippen molar-refractivity contribution in [1.82, 2.24) is 15.1 Å². The van der Waals surface area contributed by atoms with Crippen LogP contribution in [0.15, 0.2) is 54.7 Å². The van der Waals surface area contributed by atoms with Crippen LogP contribution in [0.3, 0.4) is 0 Å². The van der Waals surface area contributed by atoms with Crippen molar-refractivity contribution in [3.05, 3.63) is 60.5 Å². The predicted molar refractivity (Wildman–Crippen MR) is 120 cm³/mol. The van der Waals surface area contributed by atoms with Crippen molar-refractivity contribution in [2.45, 2.75) is 25.3 Å². The molecule has 168 valence electrons. The van der Waals surface area contributed by atoms with Gasteiger partial charge in [-0.05, 0) is 62.2 Å². The van der Waals surface area contributed by atoms with Gasteiger partial charge in [0.25, 0.3) is 5.91 Å². The highest BCUT2D eigenvalue weighted by Crippen LogP contribution is 2.32. The summed E-state index contributed by atoms with van der Waals surface area (Å²) < 4.78 is 26.5. The highest BCUT2D eigenvalue weighted by molar-refractivity contribution is 5.93. The standard InChI is InChI=1S/C24H27FN4O3/c1-29-22(9-12-27-29)21-15-19(7-8-23(21)31-13-10-18-5-3-11-26-18)28-24(30)16-32-20-6-2-4-17(25)14-20/h2,4,6-9,12,14-15,18,26H,3,5,10-11,13,16H2,1H3,(H,28,30). The van der Waals surface area contributed by atoms with E-state index in [-0.39, 0.29) is 12.5 Å². The Kier molecular flexibility index (Phi) is 7.01. The van der Waals surface area contributed by atoms with E-state index in [2.05, 4.69) is 15.7 Å². The van der Waals surface area contributed by atoms with Gasteiger partial charge in [-0.2, -0.15) is 5.10 Å². The second-order valence-electron chi connectivity index (χ2n) is 7.78. The maximum atomic E-state index is 13.3. The van der Waals surface area contributed by atoms with Gasteiger partial charge in [-0.3, -0.25) is 9.48 Å². The number of rotatable bonds is 9. The Morgan fingerprint density at radius 3 is 2.91 bits per heavy atom. The van der Waals surface area contributed by atoms with Gasteiger partial charge in [0.15, 0.2) is 6.61 Å². The smallest absolute Gasteiger partial charge is 0.262 e. The Bertz CT molecular complexity index is 1060. The third-order valence-electron chi connectivity index (χ3n) is 5.41. The number of halogens is 1. The number of carbonyl (C=O) groups excluding carboxylic acids is 1. The number of hydrogen-bond acceptors (Lipinski definition) is 5. The fraction of sp³-hybridized carbons (Fsp3) is 0.333. The number of carbonyl (C=O) groups is 1. The fourth-order valence-electron chi connectivity index (χ4n) is 3.79. The lowest BCUT2D eigenvalue weighted by molar-refractivity contribution is -0.118. The van der Waals surface area contributed by atoms with Crippen LogP contribution in [0, 0.1) is 5.82 Å². The monoisotopic (exact) mass is 438 g/mol. The average molecular weight is 439 g/mol. The molecule has 1 unspecified atom stereocenters. The summed E-state index contributed by atoms with van der Waals surface area (Å²) in [5.74, 6) is 0.283. The molecule has 2 heterocycles. The molecular weight excluding hydrogens is 411 g/mol. The summed E-state index contributed by atoms with van der Waals surface area (Å²) in [5.41, 5.74) is 2.33. The third-order valence-corrected chi connectivity index (χ3v) is 5.41. The number of nitrogens with zero attached hydrogens (tertiary/aromatic N) is 2. The zero-order chi connectivity index (χ0) is 22.3. The number of aromatic nitrogens is 2. The molecule has 1 fully saturated rings. The van der Waals surface area contributed by atoms with Crippen molar-refractivity contribution in [3.63, 3.8) is 0 Å². The molecule has 0 saturated carbocycles. The summed E-state index contributed by atoms with van der Waals surface area (Å²) >= 11 is 0. The zero-order valence-electron chi connectivity index (χ0n) is 18.0. The quantitative estimate of drug-likeness (QED) is 0.532. The van der Waals surface area contributed by atoms with Crippen LogP contribution in [0.4, 0.5) is 10.1 Å². The number of aryl methyl sites for hydroxylation is 1. The molecule has 32 heavy (non-hydrogen) atoms. The summed E-state index contributed by atoms with van der Waals surface area (Å²) in [6.07, 6.45) is 5.06. The normalized spacial score (nSPS) is 15.5. The van der Waals surface area contributed by atoms with Gasteiger partial charge in [-0.25, -0.2) is 4.39 Å².